The summed E-state index contributed by atoms with van der Waals surface area (Å²) in [5.74, 6) is -1.02. The summed E-state index contributed by atoms with van der Waals surface area (Å²) in [6.45, 7) is 0.294. The van der Waals surface area contributed by atoms with E-state index in [-0.39, 0.29) is 17.6 Å². The molecule has 3 nitrogen and oxygen atoms in total. The van der Waals surface area contributed by atoms with E-state index in [4.69, 9.17) is 4.74 Å². The van der Waals surface area contributed by atoms with Crippen LogP contribution in [0, 0.1) is 5.82 Å². The Morgan fingerprint density at radius 2 is 2.29 bits per heavy atom. The number of ether oxygens (including phenoxy) is 1. The molecule has 0 aliphatic rings. The zero-order valence-electron chi connectivity index (χ0n) is 8.72. The number of phenols is 1. The molecular formula is C12H9FO3S. The minimum absolute atomic E-state index is 0.191. The predicted molar refractivity (Wildman–Crippen MR) is 62.1 cm³/mol. The highest BCUT2D eigenvalue weighted by Gasteiger charge is 2.10. The standard InChI is InChI=1S/C12H9FO3S/c13-11-3-9(4-12(15)10(11)5-14)16-6-8-1-2-17-7-8/h1-5,7,15H,6H2. The molecule has 5 heteroatoms. The Morgan fingerprint density at radius 3 is 2.88 bits per heavy atom. The van der Waals surface area contributed by atoms with Gasteiger partial charge in [-0.3, -0.25) is 4.79 Å². The lowest BCUT2D eigenvalue weighted by Gasteiger charge is -2.07. The van der Waals surface area contributed by atoms with E-state index >= 15 is 0 Å². The second kappa shape index (κ2) is 4.97. The second-order valence-electron chi connectivity index (χ2n) is 3.38. The van der Waals surface area contributed by atoms with Crippen LogP contribution in [0.1, 0.15) is 15.9 Å². The van der Waals surface area contributed by atoms with Crippen molar-refractivity contribution in [3.63, 3.8) is 0 Å². The summed E-state index contributed by atoms with van der Waals surface area (Å²) in [6, 6.07) is 4.19. The monoisotopic (exact) mass is 252 g/mol. The lowest BCUT2D eigenvalue weighted by atomic mass is 10.2. The summed E-state index contributed by atoms with van der Waals surface area (Å²) in [7, 11) is 0. The van der Waals surface area contributed by atoms with Gasteiger partial charge in [0.15, 0.2) is 6.29 Å². The van der Waals surface area contributed by atoms with Gasteiger partial charge >= 0.3 is 0 Å². The van der Waals surface area contributed by atoms with Crippen molar-refractivity contribution in [2.24, 2.45) is 0 Å². The topological polar surface area (TPSA) is 46.5 Å². The Kier molecular flexibility index (Phi) is 3.39. The van der Waals surface area contributed by atoms with E-state index in [0.29, 0.717) is 6.61 Å². The molecule has 0 spiro atoms. The van der Waals surface area contributed by atoms with Gasteiger partial charge in [0.05, 0.1) is 5.56 Å². The van der Waals surface area contributed by atoms with Crippen molar-refractivity contribution in [2.75, 3.05) is 0 Å². The number of aromatic hydroxyl groups is 1. The van der Waals surface area contributed by atoms with Crippen LogP contribution in [-0.2, 0) is 6.61 Å². The largest absolute Gasteiger partial charge is 0.507 e. The molecule has 0 saturated heterocycles. The molecule has 1 heterocycles. The van der Waals surface area contributed by atoms with E-state index in [0.717, 1.165) is 11.6 Å². The van der Waals surface area contributed by atoms with Crippen LogP contribution in [0.25, 0.3) is 0 Å². The number of phenolic OH excluding ortho intramolecular Hbond substituents is 1. The number of hydrogen-bond donors (Lipinski definition) is 1. The summed E-state index contributed by atoms with van der Waals surface area (Å²) in [5, 5.41) is 13.2. The summed E-state index contributed by atoms with van der Waals surface area (Å²) >= 11 is 1.54. The van der Waals surface area contributed by atoms with E-state index in [9.17, 15) is 14.3 Å². The van der Waals surface area contributed by atoms with Crippen molar-refractivity contribution in [1.29, 1.82) is 0 Å². The lowest BCUT2D eigenvalue weighted by molar-refractivity contribution is 0.111. The molecule has 0 aliphatic heterocycles. The summed E-state index contributed by atoms with van der Waals surface area (Å²) in [6.07, 6.45) is 0.271. The van der Waals surface area contributed by atoms with Crippen molar-refractivity contribution in [2.45, 2.75) is 6.61 Å². The maximum atomic E-state index is 13.3. The molecule has 88 valence electrons. The van der Waals surface area contributed by atoms with Gasteiger partial charge in [-0.1, -0.05) is 0 Å². The van der Waals surface area contributed by atoms with Gasteiger partial charge in [0.1, 0.15) is 23.9 Å². The maximum Gasteiger partial charge on any atom is 0.156 e. The first-order valence-corrected chi connectivity index (χ1v) is 5.76. The number of hydrogen-bond acceptors (Lipinski definition) is 4. The van der Waals surface area contributed by atoms with Crippen molar-refractivity contribution >= 4 is 17.6 Å². The first-order valence-electron chi connectivity index (χ1n) is 4.82. The lowest BCUT2D eigenvalue weighted by Crippen LogP contribution is -1.96. The van der Waals surface area contributed by atoms with Gasteiger partial charge in [0.2, 0.25) is 0 Å². The smallest absolute Gasteiger partial charge is 0.156 e. The number of halogens is 1. The van der Waals surface area contributed by atoms with Gasteiger partial charge < -0.3 is 9.84 Å². The van der Waals surface area contributed by atoms with Crippen LogP contribution in [0.2, 0.25) is 0 Å². The van der Waals surface area contributed by atoms with E-state index < -0.39 is 11.6 Å². The molecule has 0 radical (unpaired) electrons. The van der Waals surface area contributed by atoms with Crippen LogP contribution >= 0.6 is 11.3 Å². The summed E-state index contributed by atoms with van der Waals surface area (Å²) in [4.78, 5) is 10.5. The van der Waals surface area contributed by atoms with Crippen LogP contribution < -0.4 is 4.74 Å². The molecule has 2 rings (SSSR count). The maximum absolute atomic E-state index is 13.3. The van der Waals surface area contributed by atoms with Crippen LogP contribution in [0.5, 0.6) is 11.5 Å². The minimum atomic E-state index is -0.791. The van der Waals surface area contributed by atoms with E-state index in [2.05, 4.69) is 0 Å². The van der Waals surface area contributed by atoms with Gasteiger partial charge in [-0.05, 0) is 22.4 Å². The Morgan fingerprint density at radius 1 is 1.47 bits per heavy atom. The van der Waals surface area contributed by atoms with E-state index in [1.165, 1.54) is 17.4 Å². The van der Waals surface area contributed by atoms with Crippen LogP contribution in [0.3, 0.4) is 0 Å². The number of rotatable bonds is 4. The van der Waals surface area contributed by atoms with Gasteiger partial charge in [0.25, 0.3) is 0 Å². The molecule has 0 unspecified atom stereocenters. The van der Waals surface area contributed by atoms with Crippen molar-refractivity contribution in [1.82, 2.24) is 0 Å². The average Bonchev–Trinajstić information content (AvgIpc) is 2.79. The third-order valence-electron chi connectivity index (χ3n) is 2.18. The third-order valence-corrected chi connectivity index (χ3v) is 2.92. The highest BCUT2D eigenvalue weighted by atomic mass is 32.1. The first kappa shape index (κ1) is 11.6. The number of aldehydes is 1. The predicted octanol–water partition coefficient (Wildman–Crippen LogP) is 2.98. The molecule has 1 aromatic heterocycles. The van der Waals surface area contributed by atoms with Gasteiger partial charge in [-0.2, -0.15) is 11.3 Å². The van der Waals surface area contributed by atoms with Gasteiger partial charge in [-0.15, -0.1) is 0 Å². The van der Waals surface area contributed by atoms with Crippen LogP contribution in [-0.4, -0.2) is 11.4 Å². The summed E-state index contributed by atoms with van der Waals surface area (Å²) in [5.41, 5.74) is 0.613. The number of benzene rings is 1. The quantitative estimate of drug-likeness (QED) is 0.851. The fourth-order valence-electron chi connectivity index (χ4n) is 1.32. The van der Waals surface area contributed by atoms with E-state index in [1.54, 1.807) is 0 Å². The molecule has 0 atom stereocenters. The minimum Gasteiger partial charge on any atom is -0.507 e. The first-order chi connectivity index (χ1) is 8.20. The van der Waals surface area contributed by atoms with Crippen LogP contribution in [0.15, 0.2) is 29.0 Å². The molecule has 1 N–H and O–H groups in total. The second-order valence-corrected chi connectivity index (χ2v) is 4.16. The van der Waals surface area contributed by atoms with Gasteiger partial charge in [0, 0.05) is 12.1 Å². The summed E-state index contributed by atoms with van der Waals surface area (Å²) < 4.78 is 18.6. The number of carbonyl (C=O) groups is 1. The van der Waals surface area contributed by atoms with Crippen molar-refractivity contribution < 1.29 is 19.0 Å². The Labute approximate surface area is 101 Å². The molecule has 0 amide bonds. The molecule has 0 aliphatic carbocycles. The number of carbonyl (C=O) groups excluding carboxylic acids is 1. The molecule has 17 heavy (non-hydrogen) atoms. The highest BCUT2D eigenvalue weighted by molar-refractivity contribution is 7.07. The van der Waals surface area contributed by atoms with E-state index in [1.807, 2.05) is 16.8 Å². The third kappa shape index (κ3) is 2.62. The molecule has 2 aromatic rings. The van der Waals surface area contributed by atoms with Crippen molar-refractivity contribution in [3.05, 3.63) is 45.9 Å². The zero-order chi connectivity index (χ0) is 12.3. The molecule has 0 bridgehead atoms. The Hall–Kier alpha value is -1.88. The highest BCUT2D eigenvalue weighted by Crippen LogP contribution is 2.26. The average molecular weight is 252 g/mol. The Balaban J connectivity index is 2.14. The van der Waals surface area contributed by atoms with Crippen LogP contribution in [0.4, 0.5) is 4.39 Å². The SMILES string of the molecule is O=Cc1c(O)cc(OCc2ccsc2)cc1F. The van der Waals surface area contributed by atoms with Gasteiger partial charge in [-0.25, -0.2) is 4.39 Å². The molecule has 1 aromatic carbocycles. The molecule has 0 fully saturated rings. The Bertz CT molecular complexity index is 500. The van der Waals surface area contributed by atoms with Crippen molar-refractivity contribution in [3.8, 4) is 11.5 Å². The zero-order valence-corrected chi connectivity index (χ0v) is 9.54. The fraction of sp³-hybridized carbons (Fsp3) is 0.0833. The molecule has 0 saturated carbocycles. The number of thiophene rings is 1. The molecular weight excluding hydrogens is 243 g/mol. The fourth-order valence-corrected chi connectivity index (χ4v) is 1.97. The normalized spacial score (nSPS) is 10.2.